The fourth-order valence-corrected chi connectivity index (χ4v) is 1.20. The summed E-state index contributed by atoms with van der Waals surface area (Å²) < 4.78 is 0. The smallest absolute Gasteiger partial charge is 0.322 e. The molecule has 0 aliphatic rings. The van der Waals surface area contributed by atoms with Gasteiger partial charge in [-0.2, -0.15) is 0 Å². The number of nitro groups is 2. The quantitative estimate of drug-likeness (QED) is 0.576. The van der Waals surface area contributed by atoms with Crippen LogP contribution in [0.25, 0.3) is 0 Å². The lowest BCUT2D eigenvalue weighted by molar-refractivity contribution is -0.394. The van der Waals surface area contributed by atoms with Crippen molar-refractivity contribution in [2.75, 3.05) is 6.54 Å². The topological polar surface area (TPSA) is 153 Å². The molecule has 0 spiro atoms. The second-order valence-corrected chi connectivity index (χ2v) is 3.33. The molecule has 0 saturated carbocycles. The zero-order valence-electron chi connectivity index (χ0n) is 9.23. The number of aliphatic carboxylic acids is 1. The Morgan fingerprint density at radius 2 is 1.58 bits per heavy atom. The number of rotatable bonds is 5. The van der Waals surface area contributed by atoms with Gasteiger partial charge >= 0.3 is 5.97 Å². The predicted octanol–water partition coefficient (Wildman–Crippen LogP) is 0.317. The molecule has 1 aromatic rings. The summed E-state index contributed by atoms with van der Waals surface area (Å²) in [7, 11) is 0. The molecular weight excluding hydrogens is 262 g/mol. The van der Waals surface area contributed by atoms with Crippen LogP contribution in [-0.4, -0.2) is 33.4 Å². The highest BCUT2D eigenvalue weighted by atomic mass is 16.6. The number of non-ortho nitro benzene ring substituents is 2. The molecule has 100 valence electrons. The van der Waals surface area contributed by atoms with E-state index in [4.69, 9.17) is 5.11 Å². The van der Waals surface area contributed by atoms with Crippen molar-refractivity contribution in [2.24, 2.45) is 0 Å². The molecule has 0 fully saturated rings. The number of amides is 1. The van der Waals surface area contributed by atoms with Crippen molar-refractivity contribution < 1.29 is 24.5 Å². The van der Waals surface area contributed by atoms with E-state index in [0.29, 0.717) is 6.07 Å². The number of carboxylic acids is 1. The fraction of sp³-hybridized carbons (Fsp3) is 0.111. The van der Waals surface area contributed by atoms with Crippen molar-refractivity contribution in [3.05, 3.63) is 44.0 Å². The largest absolute Gasteiger partial charge is 0.480 e. The Morgan fingerprint density at radius 3 is 1.95 bits per heavy atom. The van der Waals surface area contributed by atoms with Gasteiger partial charge < -0.3 is 10.4 Å². The van der Waals surface area contributed by atoms with E-state index in [1.165, 1.54) is 0 Å². The first-order chi connectivity index (χ1) is 8.81. The summed E-state index contributed by atoms with van der Waals surface area (Å²) >= 11 is 0. The molecule has 0 atom stereocenters. The molecule has 0 aromatic heterocycles. The molecule has 10 nitrogen and oxygen atoms in total. The van der Waals surface area contributed by atoms with Crippen molar-refractivity contribution in [3.8, 4) is 0 Å². The number of nitrogens with one attached hydrogen (secondary N) is 1. The minimum Gasteiger partial charge on any atom is -0.480 e. The third kappa shape index (κ3) is 3.73. The van der Waals surface area contributed by atoms with Gasteiger partial charge in [0.2, 0.25) is 0 Å². The Hall–Kier alpha value is -3.04. The maximum absolute atomic E-state index is 11.5. The number of carbonyl (C=O) groups excluding carboxylic acids is 1. The zero-order chi connectivity index (χ0) is 14.6. The first kappa shape index (κ1) is 14.0. The average Bonchev–Trinajstić information content (AvgIpc) is 2.35. The van der Waals surface area contributed by atoms with Gasteiger partial charge in [-0.3, -0.25) is 29.8 Å². The number of nitrogens with zero attached hydrogens (tertiary/aromatic N) is 2. The Morgan fingerprint density at radius 1 is 1.11 bits per heavy atom. The molecule has 2 N–H and O–H groups in total. The summed E-state index contributed by atoms with van der Waals surface area (Å²) in [5.41, 5.74) is -1.62. The Balaban J connectivity index is 3.12. The maximum Gasteiger partial charge on any atom is 0.322 e. The number of nitro benzene ring substituents is 2. The van der Waals surface area contributed by atoms with E-state index in [1.54, 1.807) is 0 Å². The van der Waals surface area contributed by atoms with Crippen LogP contribution in [0.15, 0.2) is 18.2 Å². The monoisotopic (exact) mass is 269 g/mol. The summed E-state index contributed by atoms with van der Waals surface area (Å²) in [6.07, 6.45) is 0. The van der Waals surface area contributed by atoms with Gasteiger partial charge in [-0.05, 0) is 0 Å². The SMILES string of the molecule is O=C(O)CNC(=O)c1cc([N+](=O)[O-])cc([N+](=O)[O-])c1. The van der Waals surface area contributed by atoms with Crippen molar-refractivity contribution >= 4 is 23.3 Å². The highest BCUT2D eigenvalue weighted by Crippen LogP contribution is 2.22. The van der Waals surface area contributed by atoms with Crippen LogP contribution in [0.1, 0.15) is 10.4 Å². The third-order valence-electron chi connectivity index (χ3n) is 1.99. The highest BCUT2D eigenvalue weighted by Gasteiger charge is 2.19. The highest BCUT2D eigenvalue weighted by molar-refractivity contribution is 5.97. The second-order valence-electron chi connectivity index (χ2n) is 3.33. The molecule has 1 rings (SSSR count). The number of carbonyl (C=O) groups is 2. The van der Waals surface area contributed by atoms with Gasteiger partial charge in [0, 0.05) is 12.1 Å². The molecule has 19 heavy (non-hydrogen) atoms. The average molecular weight is 269 g/mol. The molecule has 0 saturated heterocycles. The van der Waals surface area contributed by atoms with E-state index < -0.39 is 39.6 Å². The van der Waals surface area contributed by atoms with Crippen molar-refractivity contribution in [3.63, 3.8) is 0 Å². The molecule has 10 heteroatoms. The third-order valence-corrected chi connectivity index (χ3v) is 1.99. The lowest BCUT2D eigenvalue weighted by Gasteiger charge is -2.02. The van der Waals surface area contributed by atoms with Crippen LogP contribution >= 0.6 is 0 Å². The molecule has 0 radical (unpaired) electrons. The van der Waals surface area contributed by atoms with E-state index in [0.717, 1.165) is 12.1 Å². The molecule has 0 aliphatic carbocycles. The summed E-state index contributed by atoms with van der Waals surface area (Å²) in [5, 5.41) is 31.5. The van der Waals surface area contributed by atoms with Crippen molar-refractivity contribution in [2.45, 2.75) is 0 Å². The van der Waals surface area contributed by atoms with Gasteiger partial charge in [0.25, 0.3) is 17.3 Å². The number of carboxylic acid groups (broad SMARTS) is 1. The number of hydrogen-bond donors (Lipinski definition) is 2. The number of benzene rings is 1. The van der Waals surface area contributed by atoms with Crippen LogP contribution in [0.2, 0.25) is 0 Å². The predicted molar refractivity (Wildman–Crippen MR) is 59.7 cm³/mol. The second kappa shape index (κ2) is 5.53. The van der Waals surface area contributed by atoms with Crippen LogP contribution in [0.5, 0.6) is 0 Å². The van der Waals surface area contributed by atoms with Gasteiger partial charge in [-0.25, -0.2) is 0 Å². The van der Waals surface area contributed by atoms with Gasteiger partial charge in [0.15, 0.2) is 0 Å². The summed E-state index contributed by atoms with van der Waals surface area (Å²) in [6, 6.07) is 2.35. The van der Waals surface area contributed by atoms with Gasteiger partial charge in [0.1, 0.15) is 6.54 Å². The van der Waals surface area contributed by atoms with E-state index in [1.807, 2.05) is 5.32 Å². The van der Waals surface area contributed by atoms with Crippen LogP contribution in [0.4, 0.5) is 11.4 Å². The molecule has 0 aliphatic heterocycles. The van der Waals surface area contributed by atoms with Crippen LogP contribution in [-0.2, 0) is 4.79 Å². The number of hydrogen-bond acceptors (Lipinski definition) is 6. The fourth-order valence-electron chi connectivity index (χ4n) is 1.20. The molecule has 0 heterocycles. The summed E-state index contributed by atoms with van der Waals surface area (Å²) in [5.74, 6) is -2.26. The van der Waals surface area contributed by atoms with Crippen molar-refractivity contribution in [1.82, 2.24) is 5.32 Å². The minimum atomic E-state index is -1.31. The van der Waals surface area contributed by atoms with E-state index in [2.05, 4.69) is 0 Å². The Labute approximate surface area is 104 Å². The first-order valence-electron chi connectivity index (χ1n) is 4.75. The summed E-state index contributed by atoms with van der Waals surface area (Å²) in [6.45, 7) is -0.699. The van der Waals surface area contributed by atoms with Gasteiger partial charge in [0.05, 0.1) is 21.5 Å². The molecule has 1 amide bonds. The standard InChI is InChI=1S/C9H7N3O7/c13-8(14)4-10-9(15)5-1-6(11(16)17)3-7(2-5)12(18)19/h1-3H,4H2,(H,10,15)(H,13,14). The van der Waals surface area contributed by atoms with E-state index in [9.17, 15) is 29.8 Å². The first-order valence-corrected chi connectivity index (χ1v) is 4.75. The zero-order valence-corrected chi connectivity index (χ0v) is 9.23. The van der Waals surface area contributed by atoms with Crippen molar-refractivity contribution in [1.29, 1.82) is 0 Å². The van der Waals surface area contributed by atoms with Gasteiger partial charge in [-0.15, -0.1) is 0 Å². The van der Waals surface area contributed by atoms with Crippen LogP contribution in [0, 0.1) is 20.2 Å². The summed E-state index contributed by atoms with van der Waals surface area (Å²) in [4.78, 5) is 41.1. The molecule has 1 aromatic carbocycles. The van der Waals surface area contributed by atoms with E-state index >= 15 is 0 Å². The van der Waals surface area contributed by atoms with E-state index in [-0.39, 0.29) is 5.56 Å². The lowest BCUT2D eigenvalue weighted by atomic mass is 10.1. The van der Waals surface area contributed by atoms with Crippen LogP contribution in [0.3, 0.4) is 0 Å². The molecular formula is C9H7N3O7. The Kier molecular flexibility index (Phi) is 4.08. The maximum atomic E-state index is 11.5. The Bertz CT molecular complexity index is 537. The lowest BCUT2D eigenvalue weighted by Crippen LogP contribution is -2.29. The molecule has 0 unspecified atom stereocenters. The normalized spacial score (nSPS) is 9.68. The van der Waals surface area contributed by atoms with Gasteiger partial charge in [-0.1, -0.05) is 0 Å². The minimum absolute atomic E-state index is 0.359. The molecule has 0 bridgehead atoms. The van der Waals surface area contributed by atoms with Crippen LogP contribution < -0.4 is 5.32 Å².